The van der Waals surface area contributed by atoms with Crippen molar-refractivity contribution in [3.63, 3.8) is 0 Å². The minimum atomic E-state index is -3.70. The molecule has 0 spiro atoms. The number of carboxylic acids is 1. The number of carbonyl (C=O) groups is 1. The summed E-state index contributed by atoms with van der Waals surface area (Å²) in [5.41, 5.74) is 0. The summed E-state index contributed by atoms with van der Waals surface area (Å²) in [6, 6.07) is 0.970. The highest BCUT2D eigenvalue weighted by Gasteiger charge is 2.29. The van der Waals surface area contributed by atoms with Crippen LogP contribution < -0.4 is 4.72 Å². The van der Waals surface area contributed by atoms with E-state index in [0.29, 0.717) is 18.1 Å². The van der Waals surface area contributed by atoms with Crippen LogP contribution in [0.15, 0.2) is 11.0 Å². The lowest BCUT2D eigenvalue weighted by Crippen LogP contribution is -2.38. The molecule has 1 aromatic rings. The van der Waals surface area contributed by atoms with Gasteiger partial charge in [0.25, 0.3) is 0 Å². The lowest BCUT2D eigenvalue weighted by molar-refractivity contribution is 0.0702. The van der Waals surface area contributed by atoms with Crippen LogP contribution in [0.3, 0.4) is 0 Å². The van der Waals surface area contributed by atoms with Gasteiger partial charge in [-0.15, -0.1) is 11.3 Å². The molecule has 1 aliphatic heterocycles. The van der Waals surface area contributed by atoms with Crippen molar-refractivity contribution in [2.75, 3.05) is 13.2 Å². The molecule has 112 valence electrons. The Kier molecular flexibility index (Phi) is 4.48. The molecule has 0 amide bonds. The molecular formula is C12H17NO5S2. The number of carboxylic acid groups (broad SMARTS) is 1. The fourth-order valence-corrected chi connectivity index (χ4v) is 4.93. The van der Waals surface area contributed by atoms with Gasteiger partial charge in [-0.05, 0) is 26.3 Å². The number of hydrogen-bond donors (Lipinski definition) is 2. The summed E-state index contributed by atoms with van der Waals surface area (Å²) >= 11 is 0.965. The topological polar surface area (TPSA) is 92.7 Å². The molecule has 20 heavy (non-hydrogen) atoms. The van der Waals surface area contributed by atoms with Crippen molar-refractivity contribution in [3.05, 3.63) is 15.8 Å². The second-order valence-corrected chi connectivity index (χ2v) is 7.81. The third-order valence-electron chi connectivity index (χ3n) is 3.39. The van der Waals surface area contributed by atoms with E-state index in [4.69, 9.17) is 9.84 Å². The highest BCUT2D eigenvalue weighted by molar-refractivity contribution is 7.89. The van der Waals surface area contributed by atoms with Crippen molar-refractivity contribution in [3.8, 4) is 0 Å². The van der Waals surface area contributed by atoms with Gasteiger partial charge in [0.15, 0.2) is 0 Å². The molecule has 1 aliphatic rings. The number of rotatable bonds is 5. The molecule has 1 fully saturated rings. The summed E-state index contributed by atoms with van der Waals surface area (Å²) < 4.78 is 32.5. The smallest absolute Gasteiger partial charge is 0.345 e. The fourth-order valence-electron chi connectivity index (χ4n) is 2.19. The molecule has 1 saturated heterocycles. The first kappa shape index (κ1) is 15.4. The summed E-state index contributed by atoms with van der Waals surface area (Å²) in [6.07, 6.45) is 0.826. The highest BCUT2D eigenvalue weighted by atomic mass is 32.2. The van der Waals surface area contributed by atoms with Crippen molar-refractivity contribution < 1.29 is 23.1 Å². The first-order valence-electron chi connectivity index (χ1n) is 6.25. The Bertz CT molecular complexity index is 601. The Morgan fingerprint density at radius 2 is 2.30 bits per heavy atom. The third kappa shape index (κ3) is 3.20. The molecule has 1 aromatic heterocycles. The van der Waals surface area contributed by atoms with Gasteiger partial charge in [0.2, 0.25) is 10.0 Å². The Morgan fingerprint density at radius 1 is 1.60 bits per heavy atom. The summed E-state index contributed by atoms with van der Waals surface area (Å²) in [6.45, 7) is 4.61. The Morgan fingerprint density at radius 3 is 2.80 bits per heavy atom. The minimum absolute atomic E-state index is 0.0275. The normalized spacial score (nSPS) is 21.0. The van der Waals surface area contributed by atoms with Gasteiger partial charge in [-0.2, -0.15) is 0 Å². The Hall–Kier alpha value is -0.960. The largest absolute Gasteiger partial charge is 0.477 e. The molecule has 2 rings (SSSR count). The van der Waals surface area contributed by atoms with Gasteiger partial charge in [0.05, 0.1) is 11.5 Å². The van der Waals surface area contributed by atoms with Gasteiger partial charge < -0.3 is 9.84 Å². The molecule has 2 unspecified atom stereocenters. The van der Waals surface area contributed by atoms with Crippen LogP contribution in [0.4, 0.5) is 0 Å². The van der Waals surface area contributed by atoms with E-state index in [1.807, 2.05) is 0 Å². The number of hydrogen-bond acceptors (Lipinski definition) is 5. The van der Waals surface area contributed by atoms with Crippen LogP contribution in [0, 0.1) is 12.8 Å². The van der Waals surface area contributed by atoms with E-state index < -0.39 is 16.0 Å². The van der Waals surface area contributed by atoms with Gasteiger partial charge in [-0.3, -0.25) is 0 Å². The quantitative estimate of drug-likeness (QED) is 0.857. The average Bonchev–Trinajstić information content (AvgIpc) is 2.96. The van der Waals surface area contributed by atoms with Gasteiger partial charge in [0.1, 0.15) is 4.88 Å². The first-order chi connectivity index (χ1) is 9.31. The standard InChI is InChI=1S/C12H17NO5S2/c1-7(9-3-4-18-6-9)13-20(16,17)11-5-10(12(14)15)19-8(11)2/h5,7,9,13H,3-4,6H2,1-2H3,(H,14,15). The van der Waals surface area contributed by atoms with Crippen molar-refractivity contribution >= 4 is 27.3 Å². The van der Waals surface area contributed by atoms with E-state index in [1.54, 1.807) is 13.8 Å². The molecule has 0 saturated carbocycles. The Balaban J connectivity index is 2.19. The molecule has 2 atom stereocenters. The maximum Gasteiger partial charge on any atom is 0.345 e. The number of ether oxygens (including phenoxy) is 1. The number of thiophene rings is 1. The van der Waals surface area contributed by atoms with E-state index >= 15 is 0 Å². The molecule has 0 aliphatic carbocycles. The van der Waals surface area contributed by atoms with Crippen molar-refractivity contribution in [1.82, 2.24) is 4.72 Å². The maximum atomic E-state index is 12.3. The summed E-state index contributed by atoms with van der Waals surface area (Å²) in [5, 5.41) is 8.92. The lowest BCUT2D eigenvalue weighted by Gasteiger charge is -2.19. The Labute approximate surface area is 121 Å². The minimum Gasteiger partial charge on any atom is -0.477 e. The summed E-state index contributed by atoms with van der Waals surface area (Å²) in [7, 11) is -3.70. The molecule has 0 aromatic carbocycles. The van der Waals surface area contributed by atoms with Gasteiger partial charge in [-0.1, -0.05) is 0 Å². The second-order valence-electron chi connectivity index (χ2n) is 4.87. The monoisotopic (exact) mass is 319 g/mol. The molecule has 0 bridgehead atoms. The zero-order chi connectivity index (χ0) is 14.9. The van der Waals surface area contributed by atoms with Crippen LogP contribution in [-0.4, -0.2) is 38.7 Å². The van der Waals surface area contributed by atoms with E-state index in [-0.39, 0.29) is 21.7 Å². The molecule has 8 heteroatoms. The second kappa shape index (κ2) is 5.80. The lowest BCUT2D eigenvalue weighted by atomic mass is 10.0. The van der Waals surface area contributed by atoms with Crippen LogP contribution in [0.2, 0.25) is 0 Å². The van der Waals surface area contributed by atoms with Crippen LogP contribution in [0.5, 0.6) is 0 Å². The van der Waals surface area contributed by atoms with Crippen LogP contribution in [0.1, 0.15) is 27.9 Å². The predicted octanol–water partition coefficient (Wildman–Crippen LogP) is 1.46. The van der Waals surface area contributed by atoms with Crippen molar-refractivity contribution in [1.29, 1.82) is 0 Å². The number of sulfonamides is 1. The molecule has 0 radical (unpaired) electrons. The van der Waals surface area contributed by atoms with Crippen LogP contribution in [-0.2, 0) is 14.8 Å². The zero-order valence-electron chi connectivity index (χ0n) is 11.3. The van der Waals surface area contributed by atoms with E-state index in [0.717, 1.165) is 17.8 Å². The zero-order valence-corrected chi connectivity index (χ0v) is 12.9. The third-order valence-corrected chi connectivity index (χ3v) is 6.24. The van der Waals surface area contributed by atoms with Crippen molar-refractivity contribution in [2.45, 2.75) is 31.2 Å². The number of aromatic carboxylic acids is 1. The van der Waals surface area contributed by atoms with E-state index in [9.17, 15) is 13.2 Å². The van der Waals surface area contributed by atoms with Crippen molar-refractivity contribution in [2.24, 2.45) is 5.92 Å². The van der Waals surface area contributed by atoms with Crippen LogP contribution >= 0.6 is 11.3 Å². The molecule has 2 heterocycles. The van der Waals surface area contributed by atoms with Gasteiger partial charge in [0, 0.05) is 23.4 Å². The summed E-state index contributed by atoms with van der Waals surface area (Å²) in [4.78, 5) is 11.5. The predicted molar refractivity (Wildman–Crippen MR) is 74.7 cm³/mol. The molecule has 2 N–H and O–H groups in total. The highest BCUT2D eigenvalue weighted by Crippen LogP contribution is 2.27. The van der Waals surface area contributed by atoms with E-state index in [1.165, 1.54) is 6.07 Å². The maximum absolute atomic E-state index is 12.3. The van der Waals surface area contributed by atoms with Crippen LogP contribution in [0.25, 0.3) is 0 Å². The fraction of sp³-hybridized carbons (Fsp3) is 0.583. The number of aryl methyl sites for hydroxylation is 1. The van der Waals surface area contributed by atoms with Gasteiger partial charge in [-0.25, -0.2) is 17.9 Å². The molecule has 6 nitrogen and oxygen atoms in total. The summed E-state index contributed by atoms with van der Waals surface area (Å²) in [5.74, 6) is -0.959. The first-order valence-corrected chi connectivity index (χ1v) is 8.55. The molecular weight excluding hydrogens is 302 g/mol. The SMILES string of the molecule is Cc1sc(C(=O)O)cc1S(=O)(=O)NC(C)C1CCOC1. The average molecular weight is 319 g/mol. The number of nitrogens with one attached hydrogen (secondary N) is 1. The van der Waals surface area contributed by atoms with E-state index in [2.05, 4.69) is 4.72 Å². The van der Waals surface area contributed by atoms with Gasteiger partial charge >= 0.3 is 5.97 Å².